The summed E-state index contributed by atoms with van der Waals surface area (Å²) in [6, 6.07) is 9.50. The Bertz CT molecular complexity index is 931. The van der Waals surface area contributed by atoms with Gasteiger partial charge in [-0.3, -0.25) is 9.59 Å². The first-order valence-corrected chi connectivity index (χ1v) is 9.34. The fourth-order valence-corrected chi connectivity index (χ4v) is 3.59. The topological polar surface area (TPSA) is 67.9 Å². The van der Waals surface area contributed by atoms with Gasteiger partial charge >= 0.3 is 0 Å². The van der Waals surface area contributed by atoms with Crippen LogP contribution in [0.2, 0.25) is 0 Å². The van der Waals surface area contributed by atoms with Gasteiger partial charge in [0, 0.05) is 30.4 Å². The van der Waals surface area contributed by atoms with Gasteiger partial charge in [0.15, 0.2) is 11.5 Å². The van der Waals surface area contributed by atoms with E-state index >= 15 is 0 Å². The number of fused-ring (bicyclic) bond motifs is 1. The maximum absolute atomic E-state index is 13.5. The molecule has 0 bridgehead atoms. The Hall–Kier alpha value is -3.09. The Morgan fingerprint density at radius 1 is 1.25 bits per heavy atom. The van der Waals surface area contributed by atoms with E-state index in [4.69, 9.17) is 9.47 Å². The monoisotopic (exact) mass is 384 g/mol. The first-order chi connectivity index (χ1) is 13.5. The highest BCUT2D eigenvalue weighted by atomic mass is 19.1. The summed E-state index contributed by atoms with van der Waals surface area (Å²) in [4.78, 5) is 26.6. The quantitative estimate of drug-likeness (QED) is 0.857. The van der Waals surface area contributed by atoms with Gasteiger partial charge in [-0.1, -0.05) is 19.4 Å². The van der Waals surface area contributed by atoms with Crippen molar-refractivity contribution in [2.75, 3.05) is 23.6 Å². The van der Waals surface area contributed by atoms with Crippen LogP contribution < -0.4 is 19.7 Å². The molecular weight excluding hydrogens is 363 g/mol. The number of hydrogen-bond donors (Lipinski definition) is 1. The third-order valence-electron chi connectivity index (χ3n) is 4.99. The van der Waals surface area contributed by atoms with Crippen molar-refractivity contribution in [3.05, 3.63) is 47.8 Å². The van der Waals surface area contributed by atoms with Crippen molar-refractivity contribution in [2.24, 2.45) is 5.92 Å². The summed E-state index contributed by atoms with van der Waals surface area (Å²) in [6.07, 6.45) is 1.79. The van der Waals surface area contributed by atoms with E-state index in [-0.39, 0.29) is 31.6 Å². The highest BCUT2D eigenvalue weighted by Crippen LogP contribution is 2.38. The molecule has 1 saturated heterocycles. The van der Waals surface area contributed by atoms with Gasteiger partial charge in [0.05, 0.1) is 5.92 Å². The van der Waals surface area contributed by atoms with Crippen molar-refractivity contribution in [1.82, 2.24) is 0 Å². The molecule has 0 spiro atoms. The predicted octanol–water partition coefficient (Wildman–Crippen LogP) is 3.50. The molecule has 1 atom stereocenters. The van der Waals surface area contributed by atoms with Crippen molar-refractivity contribution in [3.63, 3.8) is 0 Å². The van der Waals surface area contributed by atoms with Crippen LogP contribution in [0.4, 0.5) is 15.8 Å². The van der Waals surface area contributed by atoms with Crippen LogP contribution in [0.5, 0.6) is 11.5 Å². The predicted molar refractivity (Wildman–Crippen MR) is 102 cm³/mol. The van der Waals surface area contributed by atoms with E-state index in [0.29, 0.717) is 22.9 Å². The molecular formula is C21H21FN2O4. The van der Waals surface area contributed by atoms with Gasteiger partial charge in [-0.05, 0) is 36.2 Å². The summed E-state index contributed by atoms with van der Waals surface area (Å²) in [5.74, 6) is -0.0686. The molecule has 1 fully saturated rings. The van der Waals surface area contributed by atoms with Crippen molar-refractivity contribution < 1.29 is 23.5 Å². The molecule has 1 N–H and O–H groups in total. The molecule has 2 aliphatic heterocycles. The molecule has 0 aromatic heterocycles. The number of anilines is 2. The lowest BCUT2D eigenvalue weighted by molar-refractivity contribution is -0.122. The van der Waals surface area contributed by atoms with Crippen molar-refractivity contribution >= 4 is 23.2 Å². The van der Waals surface area contributed by atoms with Crippen LogP contribution in [0.15, 0.2) is 36.4 Å². The second-order valence-corrected chi connectivity index (χ2v) is 6.99. The van der Waals surface area contributed by atoms with Gasteiger partial charge in [0.2, 0.25) is 18.6 Å². The number of nitrogens with zero attached hydrogens (tertiary/aromatic N) is 1. The molecule has 2 amide bonds. The zero-order valence-electron chi connectivity index (χ0n) is 15.5. The van der Waals surface area contributed by atoms with Crippen LogP contribution in [-0.2, 0) is 16.0 Å². The second kappa shape index (κ2) is 7.50. The van der Waals surface area contributed by atoms with Crippen LogP contribution >= 0.6 is 0 Å². The number of aryl methyl sites for hydroxylation is 1. The molecule has 2 aliphatic rings. The average Bonchev–Trinajstić information content (AvgIpc) is 3.28. The number of nitrogens with one attached hydrogen (secondary N) is 1. The lowest BCUT2D eigenvalue weighted by Crippen LogP contribution is -2.28. The van der Waals surface area contributed by atoms with Crippen molar-refractivity contribution in [1.29, 1.82) is 0 Å². The molecule has 2 aromatic carbocycles. The SMILES string of the molecule is CCCc1cc2c(cc1NC(=O)[C@@H]1CC(=O)N(c3cccc(F)c3)C1)OCO2. The normalized spacial score (nSPS) is 17.9. The van der Waals surface area contributed by atoms with E-state index < -0.39 is 11.7 Å². The Morgan fingerprint density at radius 2 is 2.04 bits per heavy atom. The van der Waals surface area contributed by atoms with Crippen LogP contribution in [0.25, 0.3) is 0 Å². The number of hydrogen-bond acceptors (Lipinski definition) is 4. The molecule has 2 heterocycles. The minimum atomic E-state index is -0.504. The highest BCUT2D eigenvalue weighted by Gasteiger charge is 2.35. The maximum atomic E-state index is 13.5. The molecule has 2 aromatic rings. The van der Waals surface area contributed by atoms with Crippen LogP contribution in [0.1, 0.15) is 25.3 Å². The lowest BCUT2D eigenvalue weighted by atomic mass is 10.0. The molecule has 0 aliphatic carbocycles. The van der Waals surface area contributed by atoms with E-state index in [2.05, 4.69) is 12.2 Å². The zero-order valence-corrected chi connectivity index (χ0v) is 15.5. The molecule has 146 valence electrons. The molecule has 0 saturated carbocycles. The minimum Gasteiger partial charge on any atom is -0.454 e. The van der Waals surface area contributed by atoms with Gasteiger partial charge in [-0.2, -0.15) is 0 Å². The fraction of sp³-hybridized carbons (Fsp3) is 0.333. The number of ether oxygens (including phenoxy) is 2. The number of carbonyl (C=O) groups excluding carboxylic acids is 2. The molecule has 0 radical (unpaired) electrons. The summed E-state index contributed by atoms with van der Waals surface area (Å²) in [7, 11) is 0. The van der Waals surface area contributed by atoms with Gasteiger partial charge < -0.3 is 19.7 Å². The van der Waals surface area contributed by atoms with Crippen molar-refractivity contribution in [3.8, 4) is 11.5 Å². The average molecular weight is 384 g/mol. The van der Waals surface area contributed by atoms with E-state index in [1.807, 2.05) is 6.07 Å². The first-order valence-electron chi connectivity index (χ1n) is 9.34. The second-order valence-electron chi connectivity index (χ2n) is 6.99. The number of rotatable bonds is 5. The van der Waals surface area contributed by atoms with Gasteiger partial charge in [-0.15, -0.1) is 0 Å². The fourth-order valence-electron chi connectivity index (χ4n) is 3.59. The summed E-state index contributed by atoms with van der Waals surface area (Å²) < 4.78 is 24.3. The standard InChI is InChI=1S/C21H21FN2O4/c1-2-4-13-7-18-19(28-12-27-18)10-17(13)23-21(26)14-8-20(25)24(11-14)16-6-3-5-15(22)9-16/h3,5-7,9-10,14H,2,4,8,11-12H2,1H3,(H,23,26)/t14-/m1/s1. The summed E-state index contributed by atoms with van der Waals surface area (Å²) in [6.45, 7) is 2.45. The largest absolute Gasteiger partial charge is 0.454 e. The number of benzene rings is 2. The third-order valence-corrected chi connectivity index (χ3v) is 4.99. The molecule has 7 heteroatoms. The summed E-state index contributed by atoms with van der Waals surface area (Å²) in [5, 5.41) is 2.94. The van der Waals surface area contributed by atoms with Gasteiger partial charge in [0.1, 0.15) is 5.82 Å². The van der Waals surface area contributed by atoms with Gasteiger partial charge in [-0.25, -0.2) is 4.39 Å². The maximum Gasteiger partial charge on any atom is 0.231 e. The Balaban J connectivity index is 1.51. The Kier molecular flexibility index (Phi) is 4.90. The third kappa shape index (κ3) is 3.52. The zero-order chi connectivity index (χ0) is 19.7. The van der Waals surface area contributed by atoms with Crippen LogP contribution in [0, 0.1) is 11.7 Å². The van der Waals surface area contributed by atoms with E-state index in [1.165, 1.54) is 17.0 Å². The molecule has 4 rings (SSSR count). The number of amides is 2. The van der Waals surface area contributed by atoms with Crippen LogP contribution in [0.3, 0.4) is 0 Å². The van der Waals surface area contributed by atoms with Crippen LogP contribution in [-0.4, -0.2) is 25.2 Å². The number of halogens is 1. The molecule has 6 nitrogen and oxygen atoms in total. The van der Waals surface area contributed by atoms with E-state index in [9.17, 15) is 14.0 Å². The summed E-state index contributed by atoms with van der Waals surface area (Å²) in [5.41, 5.74) is 2.11. The van der Waals surface area contributed by atoms with E-state index in [0.717, 1.165) is 18.4 Å². The van der Waals surface area contributed by atoms with Crippen molar-refractivity contribution in [2.45, 2.75) is 26.2 Å². The molecule has 0 unspecified atom stereocenters. The van der Waals surface area contributed by atoms with E-state index in [1.54, 1.807) is 18.2 Å². The van der Waals surface area contributed by atoms with Gasteiger partial charge in [0.25, 0.3) is 0 Å². The Labute approximate surface area is 162 Å². The molecule has 28 heavy (non-hydrogen) atoms. The number of carbonyl (C=O) groups is 2. The first kappa shape index (κ1) is 18.3. The summed E-state index contributed by atoms with van der Waals surface area (Å²) >= 11 is 0. The smallest absolute Gasteiger partial charge is 0.231 e. The Morgan fingerprint density at radius 3 is 2.79 bits per heavy atom. The minimum absolute atomic E-state index is 0.0933. The highest BCUT2D eigenvalue weighted by molar-refractivity contribution is 6.03. The lowest BCUT2D eigenvalue weighted by Gasteiger charge is -2.17.